The predicted molar refractivity (Wildman–Crippen MR) is 87.1 cm³/mol. The second-order valence-corrected chi connectivity index (χ2v) is 6.18. The minimum atomic E-state index is -0.358. The van der Waals surface area contributed by atoms with Gasteiger partial charge in [0.2, 0.25) is 0 Å². The van der Waals surface area contributed by atoms with Crippen molar-refractivity contribution in [1.29, 1.82) is 0 Å². The number of halogens is 3. The van der Waals surface area contributed by atoms with Crippen LogP contribution in [0.3, 0.4) is 0 Å². The Labute approximate surface area is 137 Å². The first-order valence-electron chi connectivity index (χ1n) is 6.03. The third-order valence-corrected chi connectivity index (χ3v) is 4.19. The topological polar surface area (TPSA) is 52.0 Å². The zero-order valence-electron chi connectivity index (χ0n) is 10.6. The molecule has 0 aliphatic carbocycles. The fraction of sp³-hybridized carbons (Fsp3) is 0. The van der Waals surface area contributed by atoms with E-state index in [1.165, 1.54) is 12.1 Å². The molecule has 2 aromatic carbocycles. The summed E-state index contributed by atoms with van der Waals surface area (Å²) in [6.45, 7) is 0. The van der Waals surface area contributed by atoms with Crippen LogP contribution in [-0.4, -0.2) is 5.16 Å². The highest BCUT2D eigenvalue weighted by Crippen LogP contribution is 2.40. The van der Waals surface area contributed by atoms with Gasteiger partial charge in [0.25, 0.3) is 0 Å². The van der Waals surface area contributed by atoms with E-state index in [0.29, 0.717) is 21.4 Å². The van der Waals surface area contributed by atoms with Gasteiger partial charge in [0.05, 0.1) is 5.56 Å². The van der Waals surface area contributed by atoms with Crippen LogP contribution in [-0.2, 0) is 0 Å². The van der Waals surface area contributed by atoms with Gasteiger partial charge in [-0.15, -0.1) is 0 Å². The Morgan fingerprint density at radius 2 is 1.90 bits per heavy atom. The minimum absolute atomic E-state index is 0.263. The third-order valence-electron chi connectivity index (χ3n) is 3.00. The number of nitrogen functional groups attached to an aromatic ring is 1. The van der Waals surface area contributed by atoms with Gasteiger partial charge in [-0.1, -0.05) is 49.1 Å². The highest BCUT2D eigenvalue weighted by Gasteiger charge is 2.20. The van der Waals surface area contributed by atoms with Crippen molar-refractivity contribution in [2.75, 3.05) is 5.73 Å². The van der Waals surface area contributed by atoms with Crippen molar-refractivity contribution in [2.24, 2.45) is 0 Å². The van der Waals surface area contributed by atoms with E-state index >= 15 is 0 Å². The van der Waals surface area contributed by atoms with Gasteiger partial charge in [-0.2, -0.15) is 0 Å². The van der Waals surface area contributed by atoms with E-state index in [0.717, 1.165) is 10.0 Å². The van der Waals surface area contributed by atoms with E-state index in [1.807, 2.05) is 24.3 Å². The smallest absolute Gasteiger partial charge is 0.178 e. The molecule has 0 atom stereocenters. The summed E-state index contributed by atoms with van der Waals surface area (Å²) in [7, 11) is 0. The molecule has 3 aromatic rings. The average molecular weight is 412 g/mol. The van der Waals surface area contributed by atoms with E-state index in [2.05, 4.69) is 37.0 Å². The van der Waals surface area contributed by atoms with Crippen LogP contribution in [0.25, 0.3) is 22.5 Å². The van der Waals surface area contributed by atoms with Gasteiger partial charge < -0.3 is 10.3 Å². The van der Waals surface area contributed by atoms with E-state index < -0.39 is 0 Å². The molecule has 0 saturated heterocycles. The highest BCUT2D eigenvalue weighted by molar-refractivity contribution is 9.10. The van der Waals surface area contributed by atoms with Crippen LogP contribution in [0.4, 0.5) is 10.2 Å². The molecule has 6 heteroatoms. The zero-order valence-corrected chi connectivity index (χ0v) is 13.8. The lowest BCUT2D eigenvalue weighted by atomic mass is 10.0. The number of nitrogens with two attached hydrogens (primary N) is 1. The van der Waals surface area contributed by atoms with E-state index in [-0.39, 0.29) is 11.6 Å². The van der Waals surface area contributed by atoms with Crippen molar-refractivity contribution in [2.45, 2.75) is 0 Å². The monoisotopic (exact) mass is 410 g/mol. The Morgan fingerprint density at radius 1 is 1.10 bits per heavy atom. The maximum atomic E-state index is 13.5. The Hall–Kier alpha value is -1.66. The molecule has 0 amide bonds. The lowest BCUT2D eigenvalue weighted by Crippen LogP contribution is -1.89. The summed E-state index contributed by atoms with van der Waals surface area (Å²) in [6, 6.07) is 12.0. The average Bonchev–Trinajstić information content (AvgIpc) is 2.83. The van der Waals surface area contributed by atoms with Gasteiger partial charge in [-0.25, -0.2) is 4.39 Å². The summed E-state index contributed by atoms with van der Waals surface area (Å²) in [6.07, 6.45) is 0. The van der Waals surface area contributed by atoms with Gasteiger partial charge >= 0.3 is 0 Å². The van der Waals surface area contributed by atoms with Crippen LogP contribution in [0, 0.1) is 5.82 Å². The van der Waals surface area contributed by atoms with Gasteiger partial charge in [-0.3, -0.25) is 0 Å². The predicted octanol–water partition coefficient (Wildman–Crippen LogP) is 5.25. The maximum Gasteiger partial charge on any atom is 0.178 e. The molecule has 3 rings (SSSR count). The van der Waals surface area contributed by atoms with Crippen LogP contribution < -0.4 is 5.73 Å². The molecule has 0 radical (unpaired) electrons. The van der Waals surface area contributed by atoms with Crippen LogP contribution >= 0.6 is 31.9 Å². The fourth-order valence-electron chi connectivity index (χ4n) is 2.08. The molecule has 21 heavy (non-hydrogen) atoms. The highest BCUT2D eigenvalue weighted by atomic mass is 79.9. The Morgan fingerprint density at radius 3 is 2.67 bits per heavy atom. The number of rotatable bonds is 2. The van der Waals surface area contributed by atoms with E-state index in [9.17, 15) is 4.39 Å². The molecule has 0 saturated carbocycles. The number of nitrogens with zero attached hydrogens (tertiary/aromatic N) is 1. The molecular weight excluding hydrogens is 403 g/mol. The van der Waals surface area contributed by atoms with Gasteiger partial charge in [0.15, 0.2) is 11.6 Å². The van der Waals surface area contributed by atoms with Crippen molar-refractivity contribution in [1.82, 2.24) is 5.16 Å². The molecule has 0 unspecified atom stereocenters. The second-order valence-electron chi connectivity index (χ2n) is 4.41. The number of hydrogen-bond acceptors (Lipinski definition) is 3. The summed E-state index contributed by atoms with van der Waals surface area (Å²) in [5.41, 5.74) is 7.97. The van der Waals surface area contributed by atoms with Crippen LogP contribution in [0.1, 0.15) is 0 Å². The van der Waals surface area contributed by atoms with Gasteiger partial charge in [-0.05, 0) is 35.9 Å². The first kappa shape index (κ1) is 14.3. The van der Waals surface area contributed by atoms with Crippen molar-refractivity contribution in [3.05, 3.63) is 57.2 Å². The summed E-state index contributed by atoms with van der Waals surface area (Å²) in [4.78, 5) is 0. The molecule has 0 aliphatic heterocycles. The Bertz CT molecular complexity index is 817. The molecule has 2 N–H and O–H groups in total. The molecule has 3 nitrogen and oxygen atoms in total. The van der Waals surface area contributed by atoms with E-state index in [4.69, 9.17) is 10.3 Å². The molecular formula is C15H9Br2FN2O. The minimum Gasteiger partial charge on any atom is -0.380 e. The quantitative estimate of drug-likeness (QED) is 0.626. The van der Waals surface area contributed by atoms with Gasteiger partial charge in [0.1, 0.15) is 5.82 Å². The van der Waals surface area contributed by atoms with Crippen molar-refractivity contribution < 1.29 is 8.91 Å². The molecule has 0 aliphatic rings. The molecule has 0 spiro atoms. The normalized spacial score (nSPS) is 10.8. The molecule has 1 heterocycles. The Balaban J connectivity index is 2.24. The maximum absolute atomic E-state index is 13.5. The van der Waals surface area contributed by atoms with Crippen LogP contribution in [0.15, 0.2) is 55.9 Å². The number of anilines is 1. The number of hydrogen-bond donors (Lipinski definition) is 1. The molecule has 0 fully saturated rings. The lowest BCUT2D eigenvalue weighted by molar-refractivity contribution is 0.435. The van der Waals surface area contributed by atoms with Gasteiger partial charge in [0, 0.05) is 14.5 Å². The first-order valence-corrected chi connectivity index (χ1v) is 7.61. The third kappa shape index (κ3) is 2.73. The summed E-state index contributed by atoms with van der Waals surface area (Å²) >= 11 is 6.81. The summed E-state index contributed by atoms with van der Waals surface area (Å²) in [5, 5.41) is 3.81. The first-order chi connectivity index (χ1) is 10.1. The standard InChI is InChI=1S/C15H9Br2FN2O/c16-9-3-1-2-8(6-9)13-14(21-20-15(13)19)11-7-10(18)4-5-12(11)17/h1-7H,(H2,19,20). The summed E-state index contributed by atoms with van der Waals surface area (Å²) in [5.74, 6) is 0.333. The molecule has 1 aromatic heterocycles. The lowest BCUT2D eigenvalue weighted by Gasteiger charge is -2.05. The number of benzene rings is 2. The van der Waals surface area contributed by atoms with Crippen molar-refractivity contribution >= 4 is 37.7 Å². The largest absolute Gasteiger partial charge is 0.380 e. The number of aromatic nitrogens is 1. The van der Waals surface area contributed by atoms with Crippen LogP contribution in [0.5, 0.6) is 0 Å². The Kier molecular flexibility index (Phi) is 3.82. The molecule has 106 valence electrons. The van der Waals surface area contributed by atoms with Crippen LogP contribution in [0.2, 0.25) is 0 Å². The summed E-state index contributed by atoms with van der Waals surface area (Å²) < 4.78 is 20.5. The second kappa shape index (κ2) is 5.61. The van der Waals surface area contributed by atoms with Crippen molar-refractivity contribution in [3.8, 4) is 22.5 Å². The SMILES string of the molecule is Nc1noc(-c2cc(F)ccc2Br)c1-c1cccc(Br)c1. The molecule has 0 bridgehead atoms. The zero-order chi connectivity index (χ0) is 15.0. The van der Waals surface area contributed by atoms with E-state index in [1.54, 1.807) is 6.07 Å². The fourth-order valence-corrected chi connectivity index (χ4v) is 2.91. The van der Waals surface area contributed by atoms with Crippen molar-refractivity contribution in [3.63, 3.8) is 0 Å².